The molecule has 1 aromatic carbocycles. The van der Waals surface area contributed by atoms with Gasteiger partial charge in [-0.15, -0.1) is 0 Å². The minimum Gasteiger partial charge on any atom is -0.501 e. The third kappa shape index (κ3) is 3.53. The molecule has 0 bridgehead atoms. The van der Waals surface area contributed by atoms with Crippen LogP contribution in [0.3, 0.4) is 0 Å². The maximum atomic E-state index is 10.8. The van der Waals surface area contributed by atoms with Crippen LogP contribution >= 0.6 is 0 Å². The summed E-state index contributed by atoms with van der Waals surface area (Å²) in [5.41, 5.74) is -1.36. The fourth-order valence-electron chi connectivity index (χ4n) is 1.32. The first-order chi connectivity index (χ1) is 8.86. The minimum atomic E-state index is -1.52. The lowest BCUT2D eigenvalue weighted by Gasteiger charge is -2.11. The van der Waals surface area contributed by atoms with Gasteiger partial charge in [-0.05, 0) is 6.07 Å². The molecule has 0 heterocycles. The monoisotopic (exact) mass is 272 g/mol. The molecule has 9 nitrogen and oxygen atoms in total. The Hall–Kier alpha value is -2.39. The Bertz CT molecular complexity index is 468. The van der Waals surface area contributed by atoms with Gasteiger partial charge in [-0.3, -0.25) is 10.1 Å². The van der Waals surface area contributed by atoms with Crippen LogP contribution in [0.25, 0.3) is 0 Å². The van der Waals surface area contributed by atoms with Crippen molar-refractivity contribution in [1.29, 1.82) is 0 Å². The summed E-state index contributed by atoms with van der Waals surface area (Å²) >= 11 is 0. The summed E-state index contributed by atoms with van der Waals surface area (Å²) < 4.78 is 0. The number of carboxylic acid groups (broad SMARTS) is 1. The standard InChI is InChI=1S/C10H12N2O7/c13-4-6(14)3-11-5-1-7(10(16)17)9(15)8(2-5)12(18)19/h1-2,6,11,13-15H,3-4H2,(H,16,17). The summed E-state index contributed by atoms with van der Waals surface area (Å²) in [5, 5.41) is 49.2. The number of hydrogen-bond donors (Lipinski definition) is 5. The number of nitrogens with one attached hydrogen (secondary N) is 1. The number of aromatic carboxylic acids is 1. The second-order valence-corrected chi connectivity index (χ2v) is 3.67. The number of rotatable bonds is 6. The zero-order chi connectivity index (χ0) is 14.6. The van der Waals surface area contributed by atoms with Crippen LogP contribution in [0, 0.1) is 10.1 Å². The predicted molar refractivity (Wildman–Crippen MR) is 63.3 cm³/mol. The van der Waals surface area contributed by atoms with Crippen LogP contribution in [0.5, 0.6) is 5.75 Å². The predicted octanol–water partition coefficient (Wildman–Crippen LogP) is -0.236. The first-order valence-corrected chi connectivity index (χ1v) is 5.14. The van der Waals surface area contributed by atoms with Crippen molar-refractivity contribution in [3.63, 3.8) is 0 Å². The van der Waals surface area contributed by atoms with Gasteiger partial charge in [-0.2, -0.15) is 0 Å². The van der Waals surface area contributed by atoms with E-state index in [9.17, 15) is 20.0 Å². The van der Waals surface area contributed by atoms with Crippen molar-refractivity contribution in [2.75, 3.05) is 18.5 Å². The maximum absolute atomic E-state index is 10.8. The summed E-state index contributed by atoms with van der Waals surface area (Å²) in [6.45, 7) is -0.642. The van der Waals surface area contributed by atoms with E-state index in [1.807, 2.05) is 0 Å². The third-order valence-electron chi connectivity index (χ3n) is 2.27. The molecule has 19 heavy (non-hydrogen) atoms. The van der Waals surface area contributed by atoms with E-state index in [-0.39, 0.29) is 12.2 Å². The lowest BCUT2D eigenvalue weighted by atomic mass is 10.1. The molecule has 0 aliphatic heterocycles. The van der Waals surface area contributed by atoms with Crippen molar-refractivity contribution in [1.82, 2.24) is 0 Å². The number of nitrogens with zero attached hydrogens (tertiary/aromatic N) is 1. The molecule has 0 aliphatic carbocycles. The molecule has 104 valence electrons. The number of carboxylic acids is 1. The van der Waals surface area contributed by atoms with E-state index in [1.165, 1.54) is 0 Å². The Kier molecular flexibility index (Phi) is 4.62. The van der Waals surface area contributed by atoms with Crippen LogP contribution < -0.4 is 5.32 Å². The highest BCUT2D eigenvalue weighted by Gasteiger charge is 2.23. The molecule has 0 amide bonds. The van der Waals surface area contributed by atoms with E-state index >= 15 is 0 Å². The molecule has 1 aromatic rings. The van der Waals surface area contributed by atoms with E-state index in [1.54, 1.807) is 0 Å². The van der Waals surface area contributed by atoms with E-state index in [2.05, 4.69) is 5.32 Å². The van der Waals surface area contributed by atoms with Crippen molar-refractivity contribution in [2.24, 2.45) is 0 Å². The van der Waals surface area contributed by atoms with Crippen molar-refractivity contribution in [3.05, 3.63) is 27.8 Å². The summed E-state index contributed by atoms with van der Waals surface area (Å²) in [4.78, 5) is 20.6. The van der Waals surface area contributed by atoms with E-state index in [4.69, 9.17) is 15.3 Å². The van der Waals surface area contributed by atoms with Gasteiger partial charge in [0.1, 0.15) is 5.56 Å². The number of nitro benzene ring substituents is 1. The Morgan fingerprint density at radius 1 is 1.47 bits per heavy atom. The molecule has 5 N–H and O–H groups in total. The molecule has 1 rings (SSSR count). The molecule has 0 radical (unpaired) electrons. The lowest BCUT2D eigenvalue weighted by Crippen LogP contribution is -2.23. The van der Waals surface area contributed by atoms with E-state index in [0.29, 0.717) is 0 Å². The molecular formula is C10H12N2O7. The van der Waals surface area contributed by atoms with Gasteiger partial charge in [0.15, 0.2) is 0 Å². The summed E-state index contributed by atoms with van der Waals surface area (Å²) in [5.74, 6) is -2.46. The largest absolute Gasteiger partial charge is 0.501 e. The first-order valence-electron chi connectivity index (χ1n) is 5.14. The SMILES string of the molecule is O=C(O)c1cc(NCC(O)CO)cc([N+](=O)[O-])c1O. The van der Waals surface area contributed by atoms with Gasteiger partial charge in [0, 0.05) is 18.3 Å². The number of hydrogen-bond acceptors (Lipinski definition) is 7. The molecule has 0 fully saturated rings. The number of aliphatic hydroxyl groups excluding tert-OH is 2. The highest BCUT2D eigenvalue weighted by atomic mass is 16.6. The van der Waals surface area contributed by atoms with Crippen molar-refractivity contribution in [2.45, 2.75) is 6.10 Å². The smallest absolute Gasteiger partial charge is 0.339 e. The van der Waals surface area contributed by atoms with Gasteiger partial charge >= 0.3 is 11.7 Å². The fraction of sp³-hybridized carbons (Fsp3) is 0.300. The quantitative estimate of drug-likeness (QED) is 0.270. The molecule has 0 spiro atoms. The Labute approximate surface area is 106 Å². The fourth-order valence-corrected chi connectivity index (χ4v) is 1.32. The normalized spacial score (nSPS) is 11.9. The number of nitro groups is 1. The molecule has 1 unspecified atom stereocenters. The van der Waals surface area contributed by atoms with Gasteiger partial charge in [-0.1, -0.05) is 0 Å². The van der Waals surface area contributed by atoms with Crippen LogP contribution in [-0.2, 0) is 0 Å². The highest BCUT2D eigenvalue weighted by molar-refractivity contribution is 5.94. The Morgan fingerprint density at radius 3 is 2.58 bits per heavy atom. The van der Waals surface area contributed by atoms with Crippen molar-refractivity contribution in [3.8, 4) is 5.75 Å². The summed E-state index contributed by atoms with van der Waals surface area (Å²) in [7, 11) is 0. The number of phenols is 1. The summed E-state index contributed by atoms with van der Waals surface area (Å²) in [6, 6.07) is 1.93. The van der Waals surface area contributed by atoms with Gasteiger partial charge in [0.05, 0.1) is 17.6 Å². The number of anilines is 1. The lowest BCUT2D eigenvalue weighted by molar-refractivity contribution is -0.385. The molecule has 9 heteroatoms. The molecule has 1 atom stereocenters. The van der Waals surface area contributed by atoms with Crippen molar-refractivity contribution < 1.29 is 30.1 Å². The van der Waals surface area contributed by atoms with Gasteiger partial charge in [0.25, 0.3) is 0 Å². The second-order valence-electron chi connectivity index (χ2n) is 3.67. The van der Waals surface area contributed by atoms with Crippen LogP contribution in [0.2, 0.25) is 0 Å². The number of aromatic hydroxyl groups is 1. The molecule has 0 saturated carbocycles. The van der Waals surface area contributed by atoms with Gasteiger partial charge in [-0.25, -0.2) is 4.79 Å². The minimum absolute atomic E-state index is 0.0365. The van der Waals surface area contributed by atoms with E-state index < -0.39 is 40.6 Å². The molecule has 0 saturated heterocycles. The van der Waals surface area contributed by atoms with Crippen LogP contribution in [0.15, 0.2) is 12.1 Å². The van der Waals surface area contributed by atoms with Crippen LogP contribution in [0.1, 0.15) is 10.4 Å². The highest BCUT2D eigenvalue weighted by Crippen LogP contribution is 2.33. The number of benzene rings is 1. The van der Waals surface area contributed by atoms with Crippen LogP contribution in [0.4, 0.5) is 11.4 Å². The maximum Gasteiger partial charge on any atom is 0.339 e. The molecule has 0 aliphatic rings. The number of aliphatic hydroxyl groups is 2. The average molecular weight is 272 g/mol. The van der Waals surface area contributed by atoms with Gasteiger partial charge in [0.2, 0.25) is 5.75 Å². The average Bonchev–Trinajstić information content (AvgIpc) is 2.36. The van der Waals surface area contributed by atoms with Crippen LogP contribution in [-0.4, -0.2) is 50.6 Å². The number of carbonyl (C=O) groups is 1. The first kappa shape index (κ1) is 14.7. The van der Waals surface area contributed by atoms with Crippen molar-refractivity contribution >= 4 is 17.3 Å². The zero-order valence-electron chi connectivity index (χ0n) is 9.61. The third-order valence-corrected chi connectivity index (χ3v) is 2.27. The second kappa shape index (κ2) is 5.98. The topological polar surface area (TPSA) is 153 Å². The zero-order valence-corrected chi connectivity index (χ0v) is 9.61. The van der Waals surface area contributed by atoms with Gasteiger partial charge < -0.3 is 25.7 Å². The molecular weight excluding hydrogens is 260 g/mol. The summed E-state index contributed by atoms with van der Waals surface area (Å²) in [6.07, 6.45) is -1.10. The Morgan fingerprint density at radius 2 is 2.11 bits per heavy atom. The molecule has 0 aromatic heterocycles. The van der Waals surface area contributed by atoms with E-state index in [0.717, 1.165) is 12.1 Å². The Balaban J connectivity index is 3.12.